The van der Waals surface area contributed by atoms with E-state index in [0.717, 1.165) is 18.8 Å². The Kier molecular flexibility index (Phi) is 6.25. The standard InChI is InChI=1S/C18H28N2O2/c1-14-7-9-17(10-8-14)20(18(19)21)11-12-22-13-16-6-4-3-5-15(16)2/h3-6,14,17H,7-13H2,1-2H3,(H2,19,21). The van der Waals surface area contributed by atoms with Gasteiger partial charge in [-0.15, -0.1) is 0 Å². The lowest BCUT2D eigenvalue weighted by atomic mass is 9.86. The predicted octanol–water partition coefficient (Wildman–Crippen LogP) is 3.47. The van der Waals surface area contributed by atoms with E-state index in [9.17, 15) is 4.79 Å². The molecule has 22 heavy (non-hydrogen) atoms. The number of urea groups is 1. The summed E-state index contributed by atoms with van der Waals surface area (Å²) in [4.78, 5) is 13.5. The summed E-state index contributed by atoms with van der Waals surface area (Å²) < 4.78 is 5.74. The van der Waals surface area contributed by atoms with Gasteiger partial charge < -0.3 is 15.4 Å². The average Bonchev–Trinajstić information content (AvgIpc) is 2.50. The van der Waals surface area contributed by atoms with Crippen molar-refractivity contribution in [2.24, 2.45) is 11.7 Å². The summed E-state index contributed by atoms with van der Waals surface area (Å²) in [5.41, 5.74) is 7.98. The molecule has 0 heterocycles. The van der Waals surface area contributed by atoms with Gasteiger partial charge in [-0.2, -0.15) is 0 Å². The molecular formula is C18H28N2O2. The van der Waals surface area contributed by atoms with Crippen LogP contribution in [0.25, 0.3) is 0 Å². The molecule has 2 amide bonds. The van der Waals surface area contributed by atoms with Gasteiger partial charge in [0, 0.05) is 12.6 Å². The quantitative estimate of drug-likeness (QED) is 0.818. The molecule has 2 N–H and O–H groups in total. The molecule has 0 bridgehead atoms. The van der Waals surface area contributed by atoms with E-state index >= 15 is 0 Å². The van der Waals surface area contributed by atoms with Gasteiger partial charge in [0.15, 0.2) is 0 Å². The third-order valence-corrected chi connectivity index (χ3v) is 4.70. The fourth-order valence-corrected chi connectivity index (χ4v) is 3.14. The predicted molar refractivity (Wildman–Crippen MR) is 88.5 cm³/mol. The number of ether oxygens (including phenoxy) is 1. The van der Waals surface area contributed by atoms with Crippen LogP contribution < -0.4 is 5.73 Å². The van der Waals surface area contributed by atoms with Crippen LogP contribution in [0.5, 0.6) is 0 Å². The minimum atomic E-state index is -0.320. The number of benzene rings is 1. The number of primary amides is 1. The van der Waals surface area contributed by atoms with Crippen molar-refractivity contribution in [3.05, 3.63) is 35.4 Å². The molecule has 2 rings (SSSR count). The van der Waals surface area contributed by atoms with Crippen LogP contribution in [0.2, 0.25) is 0 Å². The topological polar surface area (TPSA) is 55.6 Å². The second kappa shape index (κ2) is 8.18. The fourth-order valence-electron chi connectivity index (χ4n) is 3.14. The van der Waals surface area contributed by atoms with Gasteiger partial charge in [0.1, 0.15) is 0 Å². The molecule has 1 aromatic rings. The zero-order valence-electron chi connectivity index (χ0n) is 13.8. The lowest BCUT2D eigenvalue weighted by Gasteiger charge is -2.35. The van der Waals surface area contributed by atoms with Crippen molar-refractivity contribution in [3.8, 4) is 0 Å². The molecule has 1 aliphatic rings. The number of hydrogen-bond donors (Lipinski definition) is 1. The highest BCUT2D eigenvalue weighted by atomic mass is 16.5. The highest BCUT2D eigenvalue weighted by Gasteiger charge is 2.25. The number of hydrogen-bond acceptors (Lipinski definition) is 2. The van der Waals surface area contributed by atoms with Gasteiger partial charge in [0.2, 0.25) is 0 Å². The Bertz CT molecular complexity index is 482. The summed E-state index contributed by atoms with van der Waals surface area (Å²) in [6.45, 7) is 6.05. The highest BCUT2D eigenvalue weighted by Crippen LogP contribution is 2.26. The van der Waals surface area contributed by atoms with Crippen LogP contribution in [0, 0.1) is 12.8 Å². The molecule has 4 heteroatoms. The first-order chi connectivity index (χ1) is 10.6. The van der Waals surface area contributed by atoms with Gasteiger partial charge in [0.05, 0.1) is 13.2 Å². The zero-order valence-corrected chi connectivity index (χ0v) is 13.8. The molecule has 122 valence electrons. The van der Waals surface area contributed by atoms with Crippen LogP contribution in [0.1, 0.15) is 43.7 Å². The van der Waals surface area contributed by atoms with Crippen molar-refractivity contribution in [3.63, 3.8) is 0 Å². The first-order valence-electron chi connectivity index (χ1n) is 8.26. The van der Waals surface area contributed by atoms with Crippen molar-refractivity contribution in [1.29, 1.82) is 0 Å². The zero-order chi connectivity index (χ0) is 15.9. The van der Waals surface area contributed by atoms with E-state index in [-0.39, 0.29) is 12.1 Å². The Morgan fingerprint density at radius 2 is 1.95 bits per heavy atom. The van der Waals surface area contributed by atoms with Crippen molar-refractivity contribution in [2.75, 3.05) is 13.2 Å². The molecule has 1 aliphatic carbocycles. The van der Waals surface area contributed by atoms with Crippen molar-refractivity contribution < 1.29 is 9.53 Å². The maximum absolute atomic E-state index is 11.7. The van der Waals surface area contributed by atoms with E-state index < -0.39 is 0 Å². The SMILES string of the molecule is Cc1ccccc1COCCN(C(N)=O)C1CCC(C)CC1. The fraction of sp³-hybridized carbons (Fsp3) is 0.611. The largest absolute Gasteiger partial charge is 0.375 e. The molecule has 0 aliphatic heterocycles. The Morgan fingerprint density at radius 1 is 1.27 bits per heavy atom. The van der Waals surface area contributed by atoms with Crippen molar-refractivity contribution in [1.82, 2.24) is 4.90 Å². The first kappa shape index (κ1) is 16.8. The van der Waals surface area contributed by atoms with Gasteiger partial charge in [0.25, 0.3) is 0 Å². The Balaban J connectivity index is 1.77. The van der Waals surface area contributed by atoms with Gasteiger partial charge in [-0.1, -0.05) is 31.2 Å². The number of nitrogens with two attached hydrogens (primary N) is 1. The molecule has 0 atom stereocenters. The Labute approximate surface area is 133 Å². The van der Waals surface area contributed by atoms with Crippen molar-refractivity contribution >= 4 is 6.03 Å². The summed E-state index contributed by atoms with van der Waals surface area (Å²) >= 11 is 0. The lowest BCUT2D eigenvalue weighted by Crippen LogP contribution is -2.46. The first-order valence-corrected chi connectivity index (χ1v) is 8.26. The summed E-state index contributed by atoms with van der Waals surface area (Å²) in [5.74, 6) is 0.767. The molecule has 1 saturated carbocycles. The van der Waals surface area contributed by atoms with E-state index in [1.54, 1.807) is 4.90 Å². The maximum atomic E-state index is 11.7. The summed E-state index contributed by atoms with van der Waals surface area (Å²) in [6, 6.07) is 8.17. The number of carbonyl (C=O) groups is 1. The lowest BCUT2D eigenvalue weighted by molar-refractivity contribution is 0.0799. The summed E-state index contributed by atoms with van der Waals surface area (Å²) in [5, 5.41) is 0. The molecule has 0 unspecified atom stereocenters. The average molecular weight is 304 g/mol. The summed E-state index contributed by atoms with van der Waals surface area (Å²) in [6.07, 6.45) is 4.47. The van der Waals surface area contributed by atoms with E-state index in [4.69, 9.17) is 10.5 Å². The molecule has 1 aromatic carbocycles. The molecule has 0 aromatic heterocycles. The smallest absolute Gasteiger partial charge is 0.315 e. The number of amides is 2. The molecule has 0 saturated heterocycles. The third-order valence-electron chi connectivity index (χ3n) is 4.70. The second-order valence-corrected chi connectivity index (χ2v) is 6.42. The van der Waals surface area contributed by atoms with Crippen molar-refractivity contribution in [2.45, 2.75) is 52.2 Å². The third kappa shape index (κ3) is 4.73. The van der Waals surface area contributed by atoms with E-state index in [1.807, 2.05) is 12.1 Å². The van der Waals surface area contributed by atoms with Crippen LogP contribution in [0.15, 0.2) is 24.3 Å². The second-order valence-electron chi connectivity index (χ2n) is 6.42. The van der Waals surface area contributed by atoms with E-state index in [2.05, 4.69) is 26.0 Å². The molecule has 0 radical (unpaired) electrons. The van der Waals surface area contributed by atoms with Crippen LogP contribution in [-0.4, -0.2) is 30.1 Å². The highest BCUT2D eigenvalue weighted by molar-refractivity contribution is 5.72. The normalized spacial score (nSPS) is 21.5. The van der Waals surface area contributed by atoms with Crippen LogP contribution in [0.3, 0.4) is 0 Å². The van der Waals surface area contributed by atoms with Crippen LogP contribution in [-0.2, 0) is 11.3 Å². The van der Waals surface area contributed by atoms with Gasteiger partial charge in [-0.3, -0.25) is 0 Å². The number of nitrogens with zero attached hydrogens (tertiary/aromatic N) is 1. The maximum Gasteiger partial charge on any atom is 0.315 e. The number of carbonyl (C=O) groups excluding carboxylic acids is 1. The minimum absolute atomic E-state index is 0.288. The number of rotatable bonds is 6. The summed E-state index contributed by atoms with van der Waals surface area (Å²) in [7, 11) is 0. The van der Waals surface area contributed by atoms with Crippen LogP contribution >= 0.6 is 0 Å². The van der Waals surface area contributed by atoms with E-state index in [1.165, 1.54) is 24.0 Å². The monoisotopic (exact) mass is 304 g/mol. The van der Waals surface area contributed by atoms with E-state index in [0.29, 0.717) is 19.8 Å². The van der Waals surface area contributed by atoms with Gasteiger partial charge in [-0.25, -0.2) is 4.79 Å². The molecule has 1 fully saturated rings. The van der Waals surface area contributed by atoms with Crippen LogP contribution in [0.4, 0.5) is 4.79 Å². The Hall–Kier alpha value is -1.55. The minimum Gasteiger partial charge on any atom is -0.375 e. The van der Waals surface area contributed by atoms with Gasteiger partial charge >= 0.3 is 6.03 Å². The molecular weight excluding hydrogens is 276 g/mol. The molecule has 4 nitrogen and oxygen atoms in total. The van der Waals surface area contributed by atoms with Gasteiger partial charge in [-0.05, 0) is 49.7 Å². The molecule has 0 spiro atoms. The number of aryl methyl sites for hydroxylation is 1. The Morgan fingerprint density at radius 3 is 2.59 bits per heavy atom.